The predicted octanol–water partition coefficient (Wildman–Crippen LogP) is 1.57. The van der Waals surface area contributed by atoms with Crippen molar-refractivity contribution in [3.63, 3.8) is 0 Å². The minimum Gasteiger partial charge on any atom is -0.356 e. The van der Waals surface area contributed by atoms with Crippen LogP contribution >= 0.6 is 12.4 Å². The zero-order chi connectivity index (χ0) is 19.3. The fourth-order valence-corrected chi connectivity index (χ4v) is 4.41. The molecular weight excluding hydrogens is 390 g/mol. The van der Waals surface area contributed by atoms with Crippen LogP contribution in [0.4, 0.5) is 0 Å². The van der Waals surface area contributed by atoms with E-state index < -0.39 is 10.0 Å². The van der Waals surface area contributed by atoms with Crippen LogP contribution < -0.4 is 11.1 Å². The number of ketones is 1. The molecule has 1 heterocycles. The van der Waals surface area contributed by atoms with E-state index in [0.29, 0.717) is 38.0 Å². The molecule has 0 aromatic heterocycles. The molecule has 1 saturated heterocycles. The Morgan fingerprint density at radius 2 is 1.78 bits per heavy atom. The fourth-order valence-electron chi connectivity index (χ4n) is 2.94. The Morgan fingerprint density at radius 1 is 1.22 bits per heavy atom. The average Bonchev–Trinajstić information content (AvgIpc) is 2.61. The summed E-state index contributed by atoms with van der Waals surface area (Å²) in [5, 5.41) is 2.87. The van der Waals surface area contributed by atoms with Gasteiger partial charge in [-0.2, -0.15) is 4.31 Å². The van der Waals surface area contributed by atoms with E-state index in [1.165, 1.54) is 35.5 Å². The van der Waals surface area contributed by atoms with Gasteiger partial charge in [-0.25, -0.2) is 8.42 Å². The van der Waals surface area contributed by atoms with Gasteiger partial charge >= 0.3 is 0 Å². The SMILES string of the molecule is CC(=O)c1ccc(S(=O)(=O)N2CCC(C(=O)NCCC(C)N)CC2)cc1.Cl. The minimum absolute atomic E-state index is 0. The maximum atomic E-state index is 12.7. The van der Waals surface area contributed by atoms with Gasteiger partial charge in [0, 0.05) is 37.2 Å². The number of benzene rings is 1. The van der Waals surface area contributed by atoms with Crippen molar-refractivity contribution in [2.24, 2.45) is 11.7 Å². The summed E-state index contributed by atoms with van der Waals surface area (Å²) in [6.07, 6.45) is 1.71. The lowest BCUT2D eigenvalue weighted by Gasteiger charge is -2.30. The van der Waals surface area contributed by atoms with Gasteiger partial charge < -0.3 is 11.1 Å². The van der Waals surface area contributed by atoms with Crippen molar-refractivity contribution < 1.29 is 18.0 Å². The number of nitrogens with two attached hydrogens (primary N) is 1. The van der Waals surface area contributed by atoms with E-state index in [2.05, 4.69) is 5.32 Å². The highest BCUT2D eigenvalue weighted by molar-refractivity contribution is 7.89. The van der Waals surface area contributed by atoms with E-state index in [1.807, 2.05) is 6.92 Å². The molecule has 1 amide bonds. The Balaban J connectivity index is 0.00000364. The zero-order valence-electron chi connectivity index (χ0n) is 15.7. The molecule has 1 unspecified atom stereocenters. The van der Waals surface area contributed by atoms with Crippen molar-refractivity contribution in [2.75, 3.05) is 19.6 Å². The topological polar surface area (TPSA) is 110 Å². The lowest BCUT2D eigenvalue weighted by atomic mass is 9.97. The van der Waals surface area contributed by atoms with Crippen LogP contribution in [0.15, 0.2) is 29.2 Å². The monoisotopic (exact) mass is 417 g/mol. The molecule has 1 aromatic carbocycles. The van der Waals surface area contributed by atoms with Crippen molar-refractivity contribution in [1.29, 1.82) is 0 Å². The van der Waals surface area contributed by atoms with Crippen molar-refractivity contribution >= 4 is 34.1 Å². The Kier molecular flexibility index (Phi) is 8.87. The number of sulfonamides is 1. The maximum absolute atomic E-state index is 12.7. The Labute approximate surface area is 167 Å². The summed E-state index contributed by atoms with van der Waals surface area (Å²) < 4.78 is 26.8. The standard InChI is InChI=1S/C18H27N3O4S.ClH/c1-13(19)7-10-20-18(23)16-8-11-21(12-9-16)26(24,25)17-5-3-15(4-6-17)14(2)22;/h3-6,13,16H,7-12,19H2,1-2H3,(H,20,23);1H. The molecule has 0 saturated carbocycles. The second-order valence-corrected chi connectivity index (χ2v) is 8.75. The summed E-state index contributed by atoms with van der Waals surface area (Å²) in [7, 11) is -3.61. The Hall–Kier alpha value is -1.48. The molecule has 0 spiro atoms. The van der Waals surface area contributed by atoms with Gasteiger partial charge in [0.1, 0.15) is 0 Å². The molecule has 1 aliphatic rings. The number of halogens is 1. The first-order valence-electron chi connectivity index (χ1n) is 8.86. The van der Waals surface area contributed by atoms with Crippen molar-refractivity contribution in [3.05, 3.63) is 29.8 Å². The van der Waals surface area contributed by atoms with E-state index >= 15 is 0 Å². The number of carbonyl (C=O) groups excluding carboxylic acids is 2. The maximum Gasteiger partial charge on any atom is 0.243 e. The van der Waals surface area contributed by atoms with Gasteiger partial charge in [-0.1, -0.05) is 12.1 Å². The molecule has 1 fully saturated rings. The van der Waals surface area contributed by atoms with Gasteiger partial charge in [0.15, 0.2) is 5.78 Å². The van der Waals surface area contributed by atoms with Gasteiger partial charge in [-0.05, 0) is 45.2 Å². The van der Waals surface area contributed by atoms with E-state index in [4.69, 9.17) is 5.73 Å². The molecule has 0 bridgehead atoms. The third kappa shape index (κ3) is 6.27. The van der Waals surface area contributed by atoms with Crippen LogP contribution in [-0.4, -0.2) is 50.1 Å². The van der Waals surface area contributed by atoms with Crippen molar-refractivity contribution in [1.82, 2.24) is 9.62 Å². The fraction of sp³-hybridized carbons (Fsp3) is 0.556. The van der Waals surface area contributed by atoms with Crippen LogP contribution in [0.25, 0.3) is 0 Å². The second-order valence-electron chi connectivity index (χ2n) is 6.82. The van der Waals surface area contributed by atoms with Crippen LogP contribution in [0.5, 0.6) is 0 Å². The number of rotatable bonds is 7. The molecule has 152 valence electrons. The molecule has 0 radical (unpaired) electrons. The first kappa shape index (κ1) is 23.6. The molecule has 2 rings (SSSR count). The number of piperidine rings is 1. The summed E-state index contributed by atoms with van der Waals surface area (Å²) >= 11 is 0. The molecule has 7 nitrogen and oxygen atoms in total. The van der Waals surface area contributed by atoms with E-state index in [9.17, 15) is 18.0 Å². The molecule has 0 aliphatic carbocycles. The predicted molar refractivity (Wildman–Crippen MR) is 106 cm³/mol. The largest absolute Gasteiger partial charge is 0.356 e. The summed E-state index contributed by atoms with van der Waals surface area (Å²) in [4.78, 5) is 23.6. The molecular formula is C18H28ClN3O4S. The number of hydrogen-bond donors (Lipinski definition) is 2. The number of amides is 1. The smallest absolute Gasteiger partial charge is 0.243 e. The first-order chi connectivity index (χ1) is 12.2. The van der Waals surface area contributed by atoms with Crippen molar-refractivity contribution in [2.45, 2.75) is 44.0 Å². The zero-order valence-corrected chi connectivity index (χ0v) is 17.3. The summed E-state index contributed by atoms with van der Waals surface area (Å²) in [6.45, 7) is 4.48. The van der Waals surface area contributed by atoms with Crippen LogP contribution in [0, 0.1) is 5.92 Å². The van der Waals surface area contributed by atoms with E-state index in [0.717, 1.165) is 6.42 Å². The van der Waals surface area contributed by atoms with Gasteiger partial charge in [-0.15, -0.1) is 12.4 Å². The molecule has 3 N–H and O–H groups in total. The normalized spacial score (nSPS) is 17.0. The number of nitrogens with zero attached hydrogens (tertiary/aromatic N) is 1. The Bertz CT molecular complexity index is 742. The molecule has 1 aliphatic heterocycles. The Morgan fingerprint density at radius 3 is 2.26 bits per heavy atom. The van der Waals surface area contributed by atoms with E-state index in [1.54, 1.807) is 0 Å². The van der Waals surface area contributed by atoms with Crippen LogP contribution in [0.1, 0.15) is 43.5 Å². The van der Waals surface area contributed by atoms with Gasteiger partial charge in [-0.3, -0.25) is 9.59 Å². The highest BCUT2D eigenvalue weighted by Gasteiger charge is 2.32. The van der Waals surface area contributed by atoms with Gasteiger partial charge in [0.05, 0.1) is 4.90 Å². The molecule has 1 atom stereocenters. The lowest BCUT2D eigenvalue weighted by Crippen LogP contribution is -2.43. The minimum atomic E-state index is -3.61. The molecule has 27 heavy (non-hydrogen) atoms. The molecule has 9 heteroatoms. The summed E-state index contributed by atoms with van der Waals surface area (Å²) in [6, 6.07) is 6.00. The summed E-state index contributed by atoms with van der Waals surface area (Å²) in [5.41, 5.74) is 6.14. The number of carbonyl (C=O) groups is 2. The third-order valence-corrected chi connectivity index (χ3v) is 6.54. The van der Waals surface area contributed by atoms with Gasteiger partial charge in [0.25, 0.3) is 0 Å². The quantitative estimate of drug-likeness (QED) is 0.654. The first-order valence-corrected chi connectivity index (χ1v) is 10.3. The number of Topliss-reactive ketones (excluding diaryl/α,β-unsaturated/α-hetero) is 1. The number of hydrogen-bond acceptors (Lipinski definition) is 5. The lowest BCUT2D eigenvalue weighted by molar-refractivity contribution is -0.126. The van der Waals surface area contributed by atoms with Crippen LogP contribution in [0.2, 0.25) is 0 Å². The second kappa shape index (κ2) is 10.2. The third-order valence-electron chi connectivity index (χ3n) is 4.62. The molecule has 1 aromatic rings. The number of nitrogens with one attached hydrogen (secondary N) is 1. The summed E-state index contributed by atoms with van der Waals surface area (Å²) in [5.74, 6) is -0.312. The highest BCUT2D eigenvalue weighted by atomic mass is 35.5. The van der Waals surface area contributed by atoms with Crippen molar-refractivity contribution in [3.8, 4) is 0 Å². The van der Waals surface area contributed by atoms with E-state index in [-0.39, 0.29) is 41.0 Å². The van der Waals surface area contributed by atoms with Gasteiger partial charge in [0.2, 0.25) is 15.9 Å². The van der Waals surface area contributed by atoms with Crippen LogP contribution in [-0.2, 0) is 14.8 Å². The average molecular weight is 418 g/mol. The highest BCUT2D eigenvalue weighted by Crippen LogP contribution is 2.24. The van der Waals surface area contributed by atoms with Crippen LogP contribution in [0.3, 0.4) is 0 Å².